The van der Waals surface area contributed by atoms with E-state index in [1.54, 1.807) is 13.2 Å². The van der Waals surface area contributed by atoms with E-state index in [9.17, 15) is 4.79 Å². The van der Waals surface area contributed by atoms with E-state index in [2.05, 4.69) is 35.1 Å². The first kappa shape index (κ1) is 18.7. The summed E-state index contributed by atoms with van der Waals surface area (Å²) in [5, 5.41) is 0. The highest BCUT2D eigenvalue weighted by Gasteiger charge is 1.88. The van der Waals surface area contributed by atoms with Crippen LogP contribution in [-0.4, -0.2) is 26.3 Å². The van der Waals surface area contributed by atoms with E-state index in [0.717, 1.165) is 0 Å². The van der Waals surface area contributed by atoms with Crippen molar-refractivity contribution in [1.82, 2.24) is 0 Å². The zero-order valence-corrected chi connectivity index (χ0v) is 11.8. The molecule has 1 aromatic carbocycles. The Kier molecular flexibility index (Phi) is 16.0. The van der Waals surface area contributed by atoms with Crippen LogP contribution in [0.1, 0.15) is 19.4 Å². The average Bonchev–Trinajstić information content (AvgIpc) is 2.32. The van der Waals surface area contributed by atoms with Gasteiger partial charge in [-0.15, -0.1) is 6.58 Å². The number of benzene rings is 1. The molecule has 0 aliphatic heterocycles. The van der Waals surface area contributed by atoms with Gasteiger partial charge in [-0.05, 0) is 13.8 Å². The highest BCUT2D eigenvalue weighted by atomic mass is 16.6. The van der Waals surface area contributed by atoms with E-state index >= 15 is 0 Å². The molecule has 0 N–H and O–H groups in total. The average molecular weight is 252 g/mol. The maximum absolute atomic E-state index is 10.0. The van der Waals surface area contributed by atoms with Crippen LogP contribution in [0.4, 0.5) is 0 Å². The maximum Gasteiger partial charge on any atom is 0.302 e. The van der Waals surface area contributed by atoms with E-state index in [1.807, 2.05) is 25.1 Å². The van der Waals surface area contributed by atoms with Crippen LogP contribution in [0.25, 0.3) is 0 Å². The number of allylic oxidation sites excluding steroid dienone is 1. The van der Waals surface area contributed by atoms with Crippen molar-refractivity contribution in [2.24, 2.45) is 0 Å². The lowest BCUT2D eigenvalue weighted by atomic mass is 10.2. The number of rotatable bonds is 3. The molecule has 18 heavy (non-hydrogen) atoms. The van der Waals surface area contributed by atoms with Crippen LogP contribution < -0.4 is 0 Å². The summed E-state index contributed by atoms with van der Waals surface area (Å²) in [6, 6.07) is 10.3. The van der Waals surface area contributed by atoms with Crippen LogP contribution in [0.15, 0.2) is 43.0 Å². The molecule has 0 amide bonds. The van der Waals surface area contributed by atoms with Gasteiger partial charge in [-0.2, -0.15) is 0 Å². The van der Waals surface area contributed by atoms with Crippen molar-refractivity contribution in [3.8, 4) is 0 Å². The summed E-state index contributed by atoms with van der Waals surface area (Å²) in [7, 11) is 1.56. The number of carbonyl (C=O) groups excluding carboxylic acids is 1. The first-order chi connectivity index (χ1) is 8.58. The third kappa shape index (κ3) is 19.9. The highest BCUT2D eigenvalue weighted by molar-refractivity contribution is 5.65. The molecule has 1 rings (SSSR count). The molecule has 0 aliphatic rings. The van der Waals surface area contributed by atoms with Gasteiger partial charge in [0.05, 0.1) is 6.61 Å². The lowest BCUT2D eigenvalue weighted by Gasteiger charge is -1.97. The Balaban J connectivity index is 0. The molecule has 0 atom stereocenters. The third-order valence-corrected chi connectivity index (χ3v) is 1.53. The summed E-state index contributed by atoms with van der Waals surface area (Å²) >= 11 is 0. The van der Waals surface area contributed by atoms with Crippen molar-refractivity contribution in [3.63, 3.8) is 0 Å². The first-order valence-electron chi connectivity index (χ1n) is 5.79. The number of carbonyl (C=O) groups is 1. The van der Waals surface area contributed by atoms with Gasteiger partial charge in [-0.1, -0.05) is 42.0 Å². The SMILES string of the molecule is C=CC.COCCOC(C)=O.Cc1ccccc1. The minimum absolute atomic E-state index is 0.262. The van der Waals surface area contributed by atoms with E-state index in [-0.39, 0.29) is 5.97 Å². The van der Waals surface area contributed by atoms with Gasteiger partial charge >= 0.3 is 5.97 Å². The van der Waals surface area contributed by atoms with Gasteiger partial charge < -0.3 is 9.47 Å². The van der Waals surface area contributed by atoms with Crippen LogP contribution in [-0.2, 0) is 14.3 Å². The molecule has 1 aromatic rings. The Hall–Kier alpha value is -1.61. The van der Waals surface area contributed by atoms with Gasteiger partial charge in [-0.3, -0.25) is 4.79 Å². The molecule has 0 saturated carbocycles. The number of hydrogen-bond acceptors (Lipinski definition) is 3. The number of esters is 1. The van der Waals surface area contributed by atoms with Crippen molar-refractivity contribution >= 4 is 5.97 Å². The molecule has 3 nitrogen and oxygen atoms in total. The molecule has 0 aliphatic carbocycles. The van der Waals surface area contributed by atoms with Crippen molar-refractivity contribution < 1.29 is 14.3 Å². The molecule has 0 heterocycles. The molecule has 0 radical (unpaired) electrons. The van der Waals surface area contributed by atoms with Gasteiger partial charge in [-0.25, -0.2) is 0 Å². The van der Waals surface area contributed by atoms with E-state index in [1.165, 1.54) is 12.5 Å². The zero-order chi connectivity index (χ0) is 14.2. The molecule has 0 spiro atoms. The third-order valence-electron chi connectivity index (χ3n) is 1.53. The first-order valence-corrected chi connectivity index (χ1v) is 5.79. The van der Waals surface area contributed by atoms with Gasteiger partial charge in [0.1, 0.15) is 6.61 Å². The lowest BCUT2D eigenvalue weighted by Crippen LogP contribution is -2.05. The van der Waals surface area contributed by atoms with Gasteiger partial charge in [0, 0.05) is 14.0 Å². The van der Waals surface area contributed by atoms with Crippen molar-refractivity contribution in [2.45, 2.75) is 20.8 Å². The molecule has 0 fully saturated rings. The Morgan fingerprint density at radius 3 is 2.06 bits per heavy atom. The molecule has 0 unspecified atom stereocenters. The molecular formula is C15H24O3. The van der Waals surface area contributed by atoms with Gasteiger partial charge in [0.15, 0.2) is 0 Å². The summed E-state index contributed by atoms with van der Waals surface area (Å²) < 4.78 is 9.13. The second-order valence-electron chi connectivity index (χ2n) is 3.40. The Morgan fingerprint density at radius 2 is 1.78 bits per heavy atom. The lowest BCUT2D eigenvalue weighted by molar-refractivity contribution is -0.142. The largest absolute Gasteiger partial charge is 0.463 e. The molecular weight excluding hydrogens is 228 g/mol. The molecule has 0 aromatic heterocycles. The van der Waals surface area contributed by atoms with E-state index < -0.39 is 0 Å². The Bertz CT molecular complexity index is 294. The number of hydrogen-bond donors (Lipinski definition) is 0. The second-order valence-corrected chi connectivity index (χ2v) is 3.40. The monoisotopic (exact) mass is 252 g/mol. The fourth-order valence-electron chi connectivity index (χ4n) is 0.803. The van der Waals surface area contributed by atoms with Crippen molar-refractivity contribution in [3.05, 3.63) is 48.6 Å². The van der Waals surface area contributed by atoms with Gasteiger partial charge in [0.2, 0.25) is 0 Å². The quantitative estimate of drug-likeness (QED) is 0.470. The van der Waals surface area contributed by atoms with Gasteiger partial charge in [0.25, 0.3) is 0 Å². The number of methoxy groups -OCH3 is 1. The van der Waals surface area contributed by atoms with Crippen LogP contribution in [0.3, 0.4) is 0 Å². The van der Waals surface area contributed by atoms with Crippen LogP contribution in [0, 0.1) is 6.92 Å². The van der Waals surface area contributed by atoms with Crippen LogP contribution in [0.2, 0.25) is 0 Å². The summed E-state index contributed by atoms with van der Waals surface area (Å²) in [6.07, 6.45) is 1.75. The topological polar surface area (TPSA) is 35.5 Å². The van der Waals surface area contributed by atoms with Crippen LogP contribution >= 0.6 is 0 Å². The minimum Gasteiger partial charge on any atom is -0.463 e. The highest BCUT2D eigenvalue weighted by Crippen LogP contribution is 1.92. The normalized spacial score (nSPS) is 8.00. The summed E-state index contributed by atoms with van der Waals surface area (Å²) in [5.41, 5.74) is 1.32. The van der Waals surface area contributed by atoms with Crippen molar-refractivity contribution in [1.29, 1.82) is 0 Å². The second kappa shape index (κ2) is 15.4. The summed E-state index contributed by atoms with van der Waals surface area (Å²) in [6.45, 7) is 9.53. The molecule has 0 bridgehead atoms. The standard InChI is InChI=1S/C7H8.C5H10O3.C3H6/c1-7-5-3-2-4-6-7;1-5(6)8-4-3-7-2;1-3-2/h2-6H,1H3;3-4H2,1-2H3;3H,1H2,2H3. The number of aryl methyl sites for hydroxylation is 1. The Labute approximate surface area is 110 Å². The van der Waals surface area contributed by atoms with E-state index in [4.69, 9.17) is 0 Å². The molecule has 3 heteroatoms. The fraction of sp³-hybridized carbons (Fsp3) is 0.400. The smallest absolute Gasteiger partial charge is 0.302 e. The van der Waals surface area contributed by atoms with E-state index in [0.29, 0.717) is 13.2 Å². The Morgan fingerprint density at radius 1 is 1.28 bits per heavy atom. The minimum atomic E-state index is -0.262. The fourth-order valence-corrected chi connectivity index (χ4v) is 0.803. The molecule has 102 valence electrons. The zero-order valence-electron chi connectivity index (χ0n) is 11.8. The van der Waals surface area contributed by atoms with Crippen molar-refractivity contribution in [2.75, 3.05) is 20.3 Å². The number of ether oxygens (including phenoxy) is 2. The predicted octanol–water partition coefficient (Wildman–Crippen LogP) is 3.38. The maximum atomic E-state index is 10.0. The van der Waals surface area contributed by atoms with Crippen LogP contribution in [0.5, 0.6) is 0 Å². The summed E-state index contributed by atoms with van der Waals surface area (Å²) in [4.78, 5) is 10.0. The predicted molar refractivity (Wildman–Crippen MR) is 75.6 cm³/mol. The summed E-state index contributed by atoms with van der Waals surface area (Å²) in [5.74, 6) is -0.262. The molecule has 0 saturated heterocycles.